The Bertz CT molecular complexity index is 241. The molecule has 0 aromatic heterocycles. The fourth-order valence-electron chi connectivity index (χ4n) is 3.96. The van der Waals surface area contributed by atoms with Crippen molar-refractivity contribution >= 4 is 0 Å². The molecule has 2 saturated carbocycles. The van der Waals surface area contributed by atoms with E-state index in [1.807, 2.05) is 0 Å². The number of nitrogens with one attached hydrogen (secondary N) is 1. The second kappa shape index (κ2) is 5.71. The van der Waals surface area contributed by atoms with Crippen molar-refractivity contribution in [3.63, 3.8) is 0 Å². The standard InChI is InChI=1S/C15H30N2/c1-11(16-3)7-12(2)17(4)10-15-9-13-5-6-14(15)8-13/h11-16H,5-10H2,1-4H3. The Morgan fingerprint density at radius 2 is 2.00 bits per heavy atom. The third kappa shape index (κ3) is 3.23. The van der Waals surface area contributed by atoms with Gasteiger partial charge in [-0.3, -0.25) is 0 Å². The van der Waals surface area contributed by atoms with Crippen LogP contribution in [0.1, 0.15) is 46.0 Å². The Hall–Kier alpha value is -0.0800. The van der Waals surface area contributed by atoms with Gasteiger partial charge in [-0.25, -0.2) is 0 Å². The van der Waals surface area contributed by atoms with Crippen LogP contribution >= 0.6 is 0 Å². The summed E-state index contributed by atoms with van der Waals surface area (Å²) in [6.45, 7) is 5.99. The third-order valence-electron chi connectivity index (χ3n) is 5.35. The van der Waals surface area contributed by atoms with E-state index in [2.05, 4.69) is 38.2 Å². The van der Waals surface area contributed by atoms with Crippen LogP contribution in [0.5, 0.6) is 0 Å². The highest BCUT2D eigenvalue weighted by Gasteiger charge is 2.39. The van der Waals surface area contributed by atoms with Crippen LogP contribution in [0.4, 0.5) is 0 Å². The number of hydrogen-bond acceptors (Lipinski definition) is 2. The molecule has 100 valence electrons. The van der Waals surface area contributed by atoms with E-state index in [-0.39, 0.29) is 0 Å². The largest absolute Gasteiger partial charge is 0.317 e. The highest BCUT2D eigenvalue weighted by molar-refractivity contribution is 4.91. The molecule has 5 atom stereocenters. The van der Waals surface area contributed by atoms with Gasteiger partial charge in [-0.15, -0.1) is 0 Å². The summed E-state index contributed by atoms with van der Waals surface area (Å²) < 4.78 is 0. The van der Waals surface area contributed by atoms with Crippen molar-refractivity contribution in [2.45, 2.75) is 58.0 Å². The molecular weight excluding hydrogens is 208 g/mol. The van der Waals surface area contributed by atoms with Crippen LogP contribution < -0.4 is 5.32 Å². The second-order valence-electron chi connectivity index (χ2n) is 6.65. The van der Waals surface area contributed by atoms with E-state index in [1.54, 1.807) is 6.42 Å². The molecular formula is C15H30N2. The fourth-order valence-corrected chi connectivity index (χ4v) is 3.96. The van der Waals surface area contributed by atoms with Gasteiger partial charge in [0.2, 0.25) is 0 Å². The Labute approximate surface area is 107 Å². The van der Waals surface area contributed by atoms with Crippen molar-refractivity contribution in [3.05, 3.63) is 0 Å². The van der Waals surface area contributed by atoms with Gasteiger partial charge in [0.1, 0.15) is 0 Å². The van der Waals surface area contributed by atoms with Gasteiger partial charge in [0.25, 0.3) is 0 Å². The minimum atomic E-state index is 0.632. The normalized spacial score (nSPS) is 35.5. The van der Waals surface area contributed by atoms with Crippen LogP contribution in [-0.4, -0.2) is 37.6 Å². The van der Waals surface area contributed by atoms with Crippen LogP contribution in [0.25, 0.3) is 0 Å². The van der Waals surface area contributed by atoms with Gasteiger partial charge in [-0.1, -0.05) is 6.42 Å². The van der Waals surface area contributed by atoms with Crippen molar-refractivity contribution < 1.29 is 0 Å². The predicted molar refractivity (Wildman–Crippen MR) is 74.2 cm³/mol. The smallest absolute Gasteiger partial charge is 0.00787 e. The molecule has 2 fully saturated rings. The summed E-state index contributed by atoms with van der Waals surface area (Å²) in [5, 5.41) is 3.34. The Morgan fingerprint density at radius 1 is 1.24 bits per heavy atom. The molecule has 0 heterocycles. The SMILES string of the molecule is CNC(C)CC(C)N(C)CC1CC2CCC1C2. The number of fused-ring (bicyclic) bond motifs is 2. The maximum atomic E-state index is 3.34. The molecule has 0 spiro atoms. The summed E-state index contributed by atoms with van der Waals surface area (Å²) in [5.41, 5.74) is 0. The summed E-state index contributed by atoms with van der Waals surface area (Å²) in [6.07, 6.45) is 7.36. The van der Waals surface area contributed by atoms with Crippen molar-refractivity contribution in [1.82, 2.24) is 10.2 Å². The van der Waals surface area contributed by atoms with Crippen molar-refractivity contribution in [1.29, 1.82) is 0 Å². The molecule has 2 aliphatic rings. The minimum absolute atomic E-state index is 0.632. The lowest BCUT2D eigenvalue weighted by Gasteiger charge is -2.32. The van der Waals surface area contributed by atoms with Crippen molar-refractivity contribution in [2.24, 2.45) is 17.8 Å². The Kier molecular flexibility index (Phi) is 4.48. The van der Waals surface area contributed by atoms with Gasteiger partial charge in [0, 0.05) is 18.6 Å². The van der Waals surface area contributed by atoms with Crippen LogP contribution in [0.15, 0.2) is 0 Å². The lowest BCUT2D eigenvalue weighted by molar-refractivity contribution is 0.169. The van der Waals surface area contributed by atoms with E-state index in [9.17, 15) is 0 Å². The molecule has 0 aromatic rings. The van der Waals surface area contributed by atoms with E-state index < -0.39 is 0 Å². The van der Waals surface area contributed by atoms with Gasteiger partial charge in [-0.05, 0) is 71.4 Å². The summed E-state index contributed by atoms with van der Waals surface area (Å²) >= 11 is 0. The monoisotopic (exact) mass is 238 g/mol. The molecule has 0 aromatic carbocycles. The molecule has 2 heteroatoms. The molecule has 0 radical (unpaired) electrons. The molecule has 0 amide bonds. The first-order valence-electron chi connectivity index (χ1n) is 7.47. The van der Waals surface area contributed by atoms with E-state index in [0.717, 1.165) is 17.8 Å². The fraction of sp³-hybridized carbons (Fsp3) is 1.00. The minimum Gasteiger partial charge on any atom is -0.317 e. The molecule has 2 rings (SSSR count). The van der Waals surface area contributed by atoms with Crippen molar-refractivity contribution in [3.8, 4) is 0 Å². The summed E-state index contributed by atoms with van der Waals surface area (Å²) in [5.74, 6) is 3.16. The first-order chi connectivity index (χ1) is 8.10. The van der Waals surface area contributed by atoms with Gasteiger partial charge in [0.05, 0.1) is 0 Å². The third-order valence-corrected chi connectivity index (χ3v) is 5.35. The first kappa shape index (κ1) is 13.4. The quantitative estimate of drug-likeness (QED) is 0.765. The van der Waals surface area contributed by atoms with E-state index >= 15 is 0 Å². The summed E-state index contributed by atoms with van der Waals surface area (Å²) in [4.78, 5) is 2.60. The predicted octanol–water partition coefficient (Wildman–Crippen LogP) is 2.74. The average molecular weight is 238 g/mol. The van der Waals surface area contributed by atoms with Crippen LogP contribution in [-0.2, 0) is 0 Å². The van der Waals surface area contributed by atoms with E-state index in [1.165, 1.54) is 32.2 Å². The maximum Gasteiger partial charge on any atom is 0.00787 e. The molecule has 1 N–H and O–H groups in total. The highest BCUT2D eigenvalue weighted by Crippen LogP contribution is 2.48. The summed E-state index contributed by atoms with van der Waals surface area (Å²) in [6, 6.07) is 1.34. The zero-order valence-electron chi connectivity index (χ0n) is 12.1. The Balaban J connectivity index is 1.74. The molecule has 2 bridgehead atoms. The van der Waals surface area contributed by atoms with Gasteiger partial charge in [0.15, 0.2) is 0 Å². The van der Waals surface area contributed by atoms with Gasteiger partial charge < -0.3 is 10.2 Å². The first-order valence-corrected chi connectivity index (χ1v) is 7.47. The second-order valence-corrected chi connectivity index (χ2v) is 6.65. The molecule has 2 aliphatic carbocycles. The molecule has 17 heavy (non-hydrogen) atoms. The average Bonchev–Trinajstić information content (AvgIpc) is 2.90. The van der Waals surface area contributed by atoms with Crippen molar-refractivity contribution in [2.75, 3.05) is 20.6 Å². The lowest BCUT2D eigenvalue weighted by atomic mass is 9.88. The topological polar surface area (TPSA) is 15.3 Å². The molecule has 0 aliphatic heterocycles. The zero-order valence-corrected chi connectivity index (χ0v) is 12.1. The lowest BCUT2D eigenvalue weighted by Crippen LogP contribution is -2.39. The number of hydrogen-bond donors (Lipinski definition) is 1. The molecule has 5 unspecified atom stereocenters. The van der Waals surface area contributed by atoms with Crippen LogP contribution in [0, 0.1) is 17.8 Å². The number of nitrogens with zero attached hydrogens (tertiary/aromatic N) is 1. The van der Waals surface area contributed by atoms with Gasteiger partial charge >= 0.3 is 0 Å². The molecule has 0 saturated heterocycles. The van der Waals surface area contributed by atoms with Gasteiger partial charge in [-0.2, -0.15) is 0 Å². The van der Waals surface area contributed by atoms with E-state index in [0.29, 0.717) is 12.1 Å². The Morgan fingerprint density at radius 3 is 2.53 bits per heavy atom. The van der Waals surface area contributed by atoms with Crippen LogP contribution in [0.2, 0.25) is 0 Å². The van der Waals surface area contributed by atoms with E-state index in [4.69, 9.17) is 0 Å². The maximum absolute atomic E-state index is 3.34. The van der Waals surface area contributed by atoms with Crippen LogP contribution in [0.3, 0.4) is 0 Å². The number of rotatable bonds is 6. The zero-order chi connectivity index (χ0) is 12.4. The molecule has 2 nitrogen and oxygen atoms in total. The summed E-state index contributed by atoms with van der Waals surface area (Å²) in [7, 11) is 4.38. The highest BCUT2D eigenvalue weighted by atomic mass is 15.1.